The van der Waals surface area contributed by atoms with Crippen LogP contribution in [0.2, 0.25) is 0 Å². The molecule has 3 fully saturated rings. The van der Waals surface area contributed by atoms with Crippen LogP contribution in [0.4, 0.5) is 0 Å². The zero-order chi connectivity index (χ0) is 16.8. The van der Waals surface area contributed by atoms with Gasteiger partial charge in [-0.15, -0.1) is 12.4 Å². The van der Waals surface area contributed by atoms with E-state index in [4.69, 9.17) is 0 Å². The van der Waals surface area contributed by atoms with Gasteiger partial charge >= 0.3 is 0 Å². The van der Waals surface area contributed by atoms with Crippen LogP contribution in [-0.4, -0.2) is 73.5 Å². The molecule has 0 bridgehead atoms. The molecule has 7 heteroatoms. The highest BCUT2D eigenvalue weighted by Crippen LogP contribution is 2.26. The number of likely N-dealkylation sites (tertiary alicyclic amines) is 1. The molecule has 3 aliphatic rings. The molecule has 0 aromatic rings. The summed E-state index contributed by atoms with van der Waals surface area (Å²) in [6.07, 6.45) is 7.79. The first-order valence-electron chi connectivity index (χ1n) is 9.71. The van der Waals surface area contributed by atoms with Crippen LogP contribution in [0.25, 0.3) is 0 Å². The lowest BCUT2D eigenvalue weighted by molar-refractivity contribution is -0.132. The van der Waals surface area contributed by atoms with E-state index in [0.29, 0.717) is 18.4 Å². The summed E-state index contributed by atoms with van der Waals surface area (Å²) >= 11 is 0. The van der Waals surface area contributed by atoms with Crippen molar-refractivity contribution < 1.29 is 9.59 Å². The third kappa shape index (κ3) is 6.12. The van der Waals surface area contributed by atoms with E-state index in [2.05, 4.69) is 15.5 Å². The number of piperazine rings is 1. The van der Waals surface area contributed by atoms with E-state index in [1.54, 1.807) is 0 Å². The second-order valence-corrected chi connectivity index (χ2v) is 7.55. The number of hydrogen-bond donors (Lipinski definition) is 2. The van der Waals surface area contributed by atoms with Gasteiger partial charge in [0.15, 0.2) is 0 Å². The molecule has 144 valence electrons. The molecule has 1 unspecified atom stereocenters. The summed E-state index contributed by atoms with van der Waals surface area (Å²) in [6.45, 7) is 6.04. The van der Waals surface area contributed by atoms with Crippen LogP contribution < -0.4 is 10.6 Å². The van der Waals surface area contributed by atoms with Gasteiger partial charge in [-0.2, -0.15) is 0 Å². The monoisotopic (exact) mass is 372 g/mol. The highest BCUT2D eigenvalue weighted by atomic mass is 35.5. The molecule has 0 aromatic carbocycles. The Labute approximate surface area is 157 Å². The number of rotatable bonds is 5. The van der Waals surface area contributed by atoms with E-state index in [9.17, 15) is 9.59 Å². The summed E-state index contributed by atoms with van der Waals surface area (Å²) < 4.78 is 0. The Morgan fingerprint density at radius 1 is 1.00 bits per heavy atom. The maximum absolute atomic E-state index is 12.4. The molecule has 1 aliphatic carbocycles. The fourth-order valence-electron chi connectivity index (χ4n) is 4.33. The van der Waals surface area contributed by atoms with Crippen molar-refractivity contribution in [3.05, 3.63) is 0 Å². The van der Waals surface area contributed by atoms with Gasteiger partial charge in [-0.05, 0) is 25.2 Å². The summed E-state index contributed by atoms with van der Waals surface area (Å²) in [5.41, 5.74) is 0. The molecular formula is C18H33ClN4O2. The third-order valence-electron chi connectivity index (χ3n) is 5.82. The Morgan fingerprint density at radius 3 is 2.44 bits per heavy atom. The molecule has 2 amide bonds. The fraction of sp³-hybridized carbons (Fsp3) is 0.889. The highest BCUT2D eigenvalue weighted by molar-refractivity contribution is 5.85. The lowest BCUT2D eigenvalue weighted by Gasteiger charge is -2.32. The van der Waals surface area contributed by atoms with Gasteiger partial charge < -0.3 is 15.5 Å². The average Bonchev–Trinajstić information content (AvgIpc) is 3.11. The van der Waals surface area contributed by atoms with E-state index in [1.165, 1.54) is 32.1 Å². The molecule has 2 saturated heterocycles. The van der Waals surface area contributed by atoms with Crippen molar-refractivity contribution >= 4 is 24.2 Å². The molecule has 0 radical (unpaired) electrons. The average molecular weight is 373 g/mol. The van der Waals surface area contributed by atoms with Gasteiger partial charge in [-0.1, -0.05) is 19.3 Å². The number of nitrogens with one attached hydrogen (secondary N) is 2. The molecule has 3 rings (SSSR count). The van der Waals surface area contributed by atoms with Crippen molar-refractivity contribution in [2.75, 3.05) is 45.8 Å². The minimum atomic E-state index is 0. The summed E-state index contributed by atoms with van der Waals surface area (Å²) in [4.78, 5) is 28.8. The molecule has 1 atom stereocenters. The van der Waals surface area contributed by atoms with Crippen LogP contribution in [-0.2, 0) is 9.59 Å². The lowest BCUT2D eigenvalue weighted by atomic mass is 9.87. The van der Waals surface area contributed by atoms with E-state index in [0.717, 1.165) is 45.7 Å². The number of carbonyl (C=O) groups is 2. The fourth-order valence-corrected chi connectivity index (χ4v) is 4.33. The molecule has 6 nitrogen and oxygen atoms in total. The first-order chi connectivity index (χ1) is 11.7. The Balaban J connectivity index is 0.00000225. The number of amides is 2. The van der Waals surface area contributed by atoms with Gasteiger partial charge in [0.2, 0.25) is 11.8 Å². The maximum Gasteiger partial charge on any atom is 0.242 e. The minimum absolute atomic E-state index is 0. The van der Waals surface area contributed by atoms with Crippen LogP contribution in [0.1, 0.15) is 44.9 Å². The zero-order valence-electron chi connectivity index (χ0n) is 15.2. The van der Waals surface area contributed by atoms with Crippen molar-refractivity contribution in [2.45, 2.75) is 51.0 Å². The van der Waals surface area contributed by atoms with Crippen molar-refractivity contribution in [3.8, 4) is 0 Å². The van der Waals surface area contributed by atoms with Gasteiger partial charge in [-0.25, -0.2) is 0 Å². The molecular weight excluding hydrogens is 340 g/mol. The van der Waals surface area contributed by atoms with Crippen LogP contribution in [0.3, 0.4) is 0 Å². The van der Waals surface area contributed by atoms with Gasteiger partial charge in [0, 0.05) is 51.7 Å². The molecule has 2 aliphatic heterocycles. The van der Waals surface area contributed by atoms with Gasteiger partial charge in [0.25, 0.3) is 0 Å². The highest BCUT2D eigenvalue weighted by Gasteiger charge is 2.30. The van der Waals surface area contributed by atoms with Crippen molar-refractivity contribution in [1.29, 1.82) is 0 Å². The normalized spacial score (nSPS) is 25.4. The molecule has 2 N–H and O–H groups in total. The minimum Gasteiger partial charge on any atom is -0.347 e. The van der Waals surface area contributed by atoms with E-state index < -0.39 is 0 Å². The third-order valence-corrected chi connectivity index (χ3v) is 5.82. The number of nitrogens with zero attached hydrogens (tertiary/aromatic N) is 2. The lowest BCUT2D eigenvalue weighted by Crippen LogP contribution is -2.49. The Hall–Kier alpha value is -0.850. The molecule has 0 aromatic heterocycles. The van der Waals surface area contributed by atoms with Crippen molar-refractivity contribution in [3.63, 3.8) is 0 Å². The number of hydrogen-bond acceptors (Lipinski definition) is 4. The predicted octanol–water partition coefficient (Wildman–Crippen LogP) is 1.00. The number of halogens is 1. The summed E-state index contributed by atoms with van der Waals surface area (Å²) in [6, 6.07) is 0.494. The predicted molar refractivity (Wildman–Crippen MR) is 101 cm³/mol. The second-order valence-electron chi connectivity index (χ2n) is 7.55. The Bertz CT molecular complexity index is 437. The first kappa shape index (κ1) is 20.5. The van der Waals surface area contributed by atoms with Crippen LogP contribution in [0, 0.1) is 5.92 Å². The quantitative estimate of drug-likeness (QED) is 0.755. The SMILES string of the molecule is Cl.O=C(CC1CCCCC1)NCC(=O)N1CCC(N2CCNCC2)C1. The van der Waals surface area contributed by atoms with E-state index in [1.807, 2.05) is 4.90 Å². The Morgan fingerprint density at radius 2 is 1.72 bits per heavy atom. The van der Waals surface area contributed by atoms with E-state index in [-0.39, 0.29) is 30.8 Å². The molecule has 25 heavy (non-hydrogen) atoms. The zero-order valence-corrected chi connectivity index (χ0v) is 16.0. The van der Waals surface area contributed by atoms with Crippen molar-refractivity contribution in [2.24, 2.45) is 5.92 Å². The van der Waals surface area contributed by atoms with E-state index >= 15 is 0 Å². The van der Waals surface area contributed by atoms with Gasteiger partial charge in [-0.3, -0.25) is 14.5 Å². The molecule has 1 saturated carbocycles. The van der Waals surface area contributed by atoms with Crippen LogP contribution >= 0.6 is 12.4 Å². The van der Waals surface area contributed by atoms with Crippen LogP contribution in [0.15, 0.2) is 0 Å². The van der Waals surface area contributed by atoms with Gasteiger partial charge in [0.05, 0.1) is 6.54 Å². The topological polar surface area (TPSA) is 64.7 Å². The van der Waals surface area contributed by atoms with Gasteiger partial charge in [0.1, 0.15) is 0 Å². The largest absolute Gasteiger partial charge is 0.347 e. The molecule has 0 spiro atoms. The summed E-state index contributed by atoms with van der Waals surface area (Å²) in [5.74, 6) is 0.649. The summed E-state index contributed by atoms with van der Waals surface area (Å²) in [5, 5.41) is 6.22. The number of carbonyl (C=O) groups excluding carboxylic acids is 2. The summed E-state index contributed by atoms with van der Waals surface area (Å²) in [7, 11) is 0. The standard InChI is InChI=1S/C18H32N4O2.ClH/c23-17(12-15-4-2-1-3-5-15)20-13-18(24)22-9-6-16(14-22)21-10-7-19-8-11-21;/h15-16,19H,1-14H2,(H,20,23);1H. The van der Waals surface area contributed by atoms with Crippen LogP contribution in [0.5, 0.6) is 0 Å². The second kappa shape index (κ2) is 10.3. The first-order valence-corrected chi connectivity index (χ1v) is 9.71. The van der Waals surface area contributed by atoms with Crippen molar-refractivity contribution in [1.82, 2.24) is 20.4 Å². The molecule has 2 heterocycles. The Kier molecular flexibility index (Phi) is 8.46. The smallest absolute Gasteiger partial charge is 0.242 e. The maximum atomic E-state index is 12.4.